The van der Waals surface area contributed by atoms with Crippen LogP contribution in [0.4, 0.5) is 0 Å². The Balaban J connectivity index is 1.72. The summed E-state index contributed by atoms with van der Waals surface area (Å²) in [5.74, 6) is 2.45. The summed E-state index contributed by atoms with van der Waals surface area (Å²) < 4.78 is 0. The fourth-order valence-electron chi connectivity index (χ4n) is 2.43. The van der Waals surface area contributed by atoms with E-state index < -0.39 is 0 Å². The van der Waals surface area contributed by atoms with Crippen molar-refractivity contribution in [2.45, 2.75) is 38.9 Å². The van der Waals surface area contributed by atoms with E-state index in [1.54, 1.807) is 23.1 Å². The number of amides is 1. The van der Waals surface area contributed by atoms with Crippen LogP contribution in [0.25, 0.3) is 0 Å². The molecule has 3 nitrogen and oxygen atoms in total. The summed E-state index contributed by atoms with van der Waals surface area (Å²) in [4.78, 5) is 18.6. The summed E-state index contributed by atoms with van der Waals surface area (Å²) in [6.07, 6.45) is 3.64. The second-order valence-corrected chi connectivity index (χ2v) is 7.15. The number of carbonyl (C=O) groups is 1. The first kappa shape index (κ1) is 14.9. The second-order valence-electron chi connectivity index (χ2n) is 5.11. The van der Waals surface area contributed by atoms with Gasteiger partial charge in [-0.1, -0.05) is 13.3 Å². The van der Waals surface area contributed by atoms with Crippen LogP contribution >= 0.6 is 23.1 Å². The maximum Gasteiger partial charge on any atom is 0.232 e. The number of piperidine rings is 1. The first-order valence-corrected chi connectivity index (χ1v) is 8.99. The van der Waals surface area contributed by atoms with Crippen molar-refractivity contribution in [3.8, 4) is 0 Å². The van der Waals surface area contributed by atoms with Crippen LogP contribution in [0.15, 0.2) is 5.38 Å². The zero-order valence-electron chi connectivity index (χ0n) is 11.7. The zero-order chi connectivity index (χ0) is 13.7. The summed E-state index contributed by atoms with van der Waals surface area (Å²) in [5, 5.41) is 3.18. The smallest absolute Gasteiger partial charge is 0.232 e. The van der Waals surface area contributed by atoms with Crippen molar-refractivity contribution in [3.63, 3.8) is 0 Å². The highest BCUT2D eigenvalue weighted by Crippen LogP contribution is 2.21. The van der Waals surface area contributed by atoms with E-state index in [0.29, 0.717) is 17.6 Å². The molecule has 1 atom stereocenters. The van der Waals surface area contributed by atoms with E-state index in [2.05, 4.69) is 22.2 Å². The molecule has 2 rings (SSSR count). The van der Waals surface area contributed by atoms with E-state index >= 15 is 0 Å². The molecular weight excluding hydrogens is 276 g/mol. The lowest BCUT2D eigenvalue weighted by molar-refractivity contribution is -0.130. The predicted octanol–water partition coefficient (Wildman–Crippen LogP) is 3.33. The van der Waals surface area contributed by atoms with Crippen LogP contribution in [0.3, 0.4) is 0 Å². The van der Waals surface area contributed by atoms with E-state index in [1.165, 1.54) is 19.3 Å². The highest BCUT2D eigenvalue weighted by atomic mass is 32.2. The molecule has 0 aliphatic carbocycles. The van der Waals surface area contributed by atoms with E-state index in [-0.39, 0.29) is 0 Å². The lowest BCUT2D eigenvalue weighted by Gasteiger charge is -2.32. The molecule has 1 aromatic rings. The van der Waals surface area contributed by atoms with Gasteiger partial charge in [0.05, 0.1) is 16.5 Å². The van der Waals surface area contributed by atoms with Gasteiger partial charge in [-0.2, -0.15) is 0 Å². The predicted molar refractivity (Wildman–Crippen MR) is 82.6 cm³/mol. The molecule has 2 heterocycles. The Morgan fingerprint density at radius 3 is 3.16 bits per heavy atom. The molecule has 5 heteroatoms. The lowest BCUT2D eigenvalue weighted by Crippen LogP contribution is -2.40. The topological polar surface area (TPSA) is 33.2 Å². The largest absolute Gasteiger partial charge is 0.342 e. The molecule has 0 radical (unpaired) electrons. The molecule has 1 amide bonds. The summed E-state index contributed by atoms with van der Waals surface area (Å²) in [5.41, 5.74) is 1.10. The van der Waals surface area contributed by atoms with Gasteiger partial charge in [-0.15, -0.1) is 23.1 Å². The van der Waals surface area contributed by atoms with Gasteiger partial charge in [-0.05, 0) is 25.7 Å². The molecule has 19 heavy (non-hydrogen) atoms. The summed E-state index contributed by atoms with van der Waals surface area (Å²) >= 11 is 3.36. The third-order valence-corrected chi connectivity index (χ3v) is 5.36. The highest BCUT2D eigenvalue weighted by molar-refractivity contribution is 7.99. The molecule has 0 unspecified atom stereocenters. The first-order valence-electron chi connectivity index (χ1n) is 6.95. The SMILES string of the molecule is CC[C@@H]1CCCN(C(=O)CSCc2csc(C)n2)C1. The van der Waals surface area contributed by atoms with E-state index in [4.69, 9.17) is 0 Å². The second kappa shape index (κ2) is 7.29. The van der Waals surface area contributed by atoms with Crippen molar-refractivity contribution < 1.29 is 4.79 Å². The Labute approximate surface area is 123 Å². The maximum atomic E-state index is 12.1. The fraction of sp³-hybridized carbons (Fsp3) is 0.714. The Hall–Kier alpha value is -0.550. The monoisotopic (exact) mass is 298 g/mol. The molecule has 0 bridgehead atoms. The molecule has 1 aromatic heterocycles. The molecule has 0 aromatic carbocycles. The van der Waals surface area contributed by atoms with Crippen LogP contribution in [0.5, 0.6) is 0 Å². The van der Waals surface area contributed by atoms with Gasteiger partial charge in [0.15, 0.2) is 0 Å². The van der Waals surface area contributed by atoms with Gasteiger partial charge in [0.1, 0.15) is 0 Å². The van der Waals surface area contributed by atoms with Gasteiger partial charge < -0.3 is 4.90 Å². The van der Waals surface area contributed by atoms with Crippen molar-refractivity contribution >= 4 is 29.0 Å². The molecule has 1 aliphatic rings. The molecule has 1 saturated heterocycles. The number of aromatic nitrogens is 1. The summed E-state index contributed by atoms with van der Waals surface area (Å²) in [6, 6.07) is 0. The van der Waals surface area contributed by atoms with Crippen LogP contribution in [0, 0.1) is 12.8 Å². The standard InChI is InChI=1S/C14H22N2OS2/c1-3-12-5-4-6-16(7-12)14(17)10-18-8-13-9-19-11(2)15-13/h9,12H,3-8,10H2,1-2H3/t12-/m1/s1. The minimum atomic E-state index is 0.301. The van der Waals surface area contributed by atoms with Gasteiger partial charge in [-0.25, -0.2) is 4.98 Å². The number of likely N-dealkylation sites (tertiary alicyclic amines) is 1. The molecule has 0 saturated carbocycles. The van der Waals surface area contributed by atoms with Crippen LogP contribution in [-0.4, -0.2) is 34.6 Å². The maximum absolute atomic E-state index is 12.1. The normalized spacial score (nSPS) is 19.7. The van der Waals surface area contributed by atoms with Gasteiger partial charge >= 0.3 is 0 Å². The average Bonchev–Trinajstić information content (AvgIpc) is 2.84. The Morgan fingerprint density at radius 2 is 2.47 bits per heavy atom. The molecule has 0 N–H and O–H groups in total. The van der Waals surface area contributed by atoms with Crippen molar-refractivity contribution in [1.82, 2.24) is 9.88 Å². The Kier molecular flexibility index (Phi) is 5.70. The van der Waals surface area contributed by atoms with Crippen LogP contribution in [0.2, 0.25) is 0 Å². The number of hydrogen-bond acceptors (Lipinski definition) is 4. The van der Waals surface area contributed by atoms with Gasteiger partial charge in [0.2, 0.25) is 5.91 Å². The third kappa shape index (κ3) is 4.49. The molecular formula is C14H22N2OS2. The number of aryl methyl sites for hydroxylation is 1. The molecule has 1 aliphatic heterocycles. The van der Waals surface area contributed by atoms with E-state index in [9.17, 15) is 4.79 Å². The number of rotatable bonds is 5. The van der Waals surface area contributed by atoms with E-state index in [0.717, 1.165) is 29.5 Å². The Bertz CT molecular complexity index is 419. The Morgan fingerprint density at radius 1 is 1.63 bits per heavy atom. The summed E-state index contributed by atoms with van der Waals surface area (Å²) in [7, 11) is 0. The average molecular weight is 298 g/mol. The van der Waals surface area contributed by atoms with Gasteiger partial charge in [-0.3, -0.25) is 4.79 Å². The van der Waals surface area contributed by atoms with Crippen molar-refractivity contribution in [2.24, 2.45) is 5.92 Å². The lowest BCUT2D eigenvalue weighted by atomic mass is 9.96. The number of nitrogens with zero attached hydrogens (tertiary/aromatic N) is 2. The molecule has 106 valence electrons. The minimum Gasteiger partial charge on any atom is -0.342 e. The van der Waals surface area contributed by atoms with Crippen LogP contribution in [-0.2, 0) is 10.5 Å². The zero-order valence-corrected chi connectivity index (χ0v) is 13.4. The van der Waals surface area contributed by atoms with E-state index in [1.807, 2.05) is 6.92 Å². The highest BCUT2D eigenvalue weighted by Gasteiger charge is 2.22. The van der Waals surface area contributed by atoms with Gasteiger partial charge in [0.25, 0.3) is 0 Å². The van der Waals surface area contributed by atoms with Crippen molar-refractivity contribution in [3.05, 3.63) is 16.1 Å². The minimum absolute atomic E-state index is 0.301. The quantitative estimate of drug-likeness (QED) is 0.836. The van der Waals surface area contributed by atoms with Gasteiger partial charge in [0, 0.05) is 24.2 Å². The third-order valence-electron chi connectivity index (χ3n) is 3.59. The number of hydrogen-bond donors (Lipinski definition) is 0. The van der Waals surface area contributed by atoms with Crippen molar-refractivity contribution in [1.29, 1.82) is 0 Å². The fourth-order valence-corrected chi connectivity index (χ4v) is 3.97. The molecule has 0 spiro atoms. The van der Waals surface area contributed by atoms with Crippen LogP contribution < -0.4 is 0 Å². The number of thiazole rings is 1. The first-order chi connectivity index (χ1) is 9.19. The number of carbonyl (C=O) groups excluding carboxylic acids is 1. The number of thioether (sulfide) groups is 1. The van der Waals surface area contributed by atoms with Crippen LogP contribution in [0.1, 0.15) is 36.9 Å². The summed E-state index contributed by atoms with van der Waals surface area (Å²) in [6.45, 7) is 6.15. The van der Waals surface area contributed by atoms with Crippen molar-refractivity contribution in [2.75, 3.05) is 18.8 Å². The molecule has 1 fully saturated rings.